The highest BCUT2D eigenvalue weighted by atomic mass is 32.2. The van der Waals surface area contributed by atoms with Gasteiger partial charge in [0.1, 0.15) is 6.33 Å². The van der Waals surface area contributed by atoms with Crippen LogP contribution in [-0.4, -0.2) is 69.7 Å². The van der Waals surface area contributed by atoms with E-state index in [9.17, 15) is 4.79 Å². The van der Waals surface area contributed by atoms with Crippen LogP contribution in [0.4, 0.5) is 0 Å². The molecule has 1 saturated carbocycles. The van der Waals surface area contributed by atoms with E-state index in [1.54, 1.807) is 6.33 Å². The number of amides is 1. The number of hydrogen-bond donors (Lipinski definition) is 1. The van der Waals surface area contributed by atoms with Crippen LogP contribution < -0.4 is 5.32 Å². The van der Waals surface area contributed by atoms with Crippen molar-refractivity contribution in [3.05, 3.63) is 6.33 Å². The monoisotopic (exact) mass is 367 g/mol. The molecule has 0 radical (unpaired) electrons. The highest BCUT2D eigenvalue weighted by Gasteiger charge is 2.38. The van der Waals surface area contributed by atoms with Crippen LogP contribution in [0.3, 0.4) is 0 Å². The molecule has 2 aliphatic rings. The van der Waals surface area contributed by atoms with Gasteiger partial charge in [-0.15, -0.1) is 10.2 Å². The van der Waals surface area contributed by atoms with Crippen molar-refractivity contribution in [2.45, 2.75) is 56.3 Å². The molecular formula is C17H29N5O2S. The Hall–Kier alpha value is -1.12. The number of hydrogen-bond acceptors (Lipinski definition) is 6. The number of thioether (sulfide) groups is 1. The van der Waals surface area contributed by atoms with Gasteiger partial charge in [0, 0.05) is 31.7 Å². The Bertz CT molecular complexity index is 553. The summed E-state index contributed by atoms with van der Waals surface area (Å²) in [6.07, 6.45) is 7.86. The summed E-state index contributed by atoms with van der Waals surface area (Å²) in [4.78, 5) is 14.9. The SMILES string of the molecule is CCn1cnnc1SCC(=O)NCC1(N2CCOCC2)CCCCC1. The molecule has 1 amide bonds. The Morgan fingerprint density at radius 3 is 2.80 bits per heavy atom. The lowest BCUT2D eigenvalue weighted by Gasteiger charge is -2.48. The van der Waals surface area contributed by atoms with Crippen molar-refractivity contribution in [2.24, 2.45) is 0 Å². The maximum atomic E-state index is 12.4. The van der Waals surface area contributed by atoms with Crippen molar-refractivity contribution < 1.29 is 9.53 Å². The average Bonchev–Trinajstić information content (AvgIpc) is 3.14. The van der Waals surface area contributed by atoms with Gasteiger partial charge in [-0.25, -0.2) is 0 Å². The van der Waals surface area contributed by atoms with E-state index in [1.165, 1.54) is 43.9 Å². The van der Waals surface area contributed by atoms with E-state index >= 15 is 0 Å². The molecule has 3 rings (SSSR count). The molecule has 1 aromatic rings. The van der Waals surface area contributed by atoms with Crippen molar-refractivity contribution in [3.8, 4) is 0 Å². The largest absolute Gasteiger partial charge is 0.379 e. The van der Waals surface area contributed by atoms with Crippen LogP contribution in [0.1, 0.15) is 39.0 Å². The Morgan fingerprint density at radius 1 is 1.32 bits per heavy atom. The van der Waals surface area contributed by atoms with E-state index in [1.807, 2.05) is 11.5 Å². The molecule has 1 N–H and O–H groups in total. The standard InChI is InChI=1S/C17H29N5O2S/c1-2-21-14-19-20-16(21)25-12-15(23)18-13-17(6-4-3-5-7-17)22-8-10-24-11-9-22/h14H,2-13H2,1H3,(H,18,23). The molecule has 2 fully saturated rings. The van der Waals surface area contributed by atoms with E-state index in [4.69, 9.17) is 4.74 Å². The summed E-state index contributed by atoms with van der Waals surface area (Å²) in [6.45, 7) is 7.16. The third-order valence-corrected chi connectivity index (χ3v) is 6.31. The summed E-state index contributed by atoms with van der Waals surface area (Å²) in [5.74, 6) is 0.464. The molecule has 1 aromatic heterocycles. The molecule has 25 heavy (non-hydrogen) atoms. The van der Waals surface area contributed by atoms with Crippen LogP contribution in [0.5, 0.6) is 0 Å². The first-order chi connectivity index (χ1) is 12.2. The molecule has 0 unspecified atom stereocenters. The fourth-order valence-corrected chi connectivity index (χ4v) is 4.68. The van der Waals surface area contributed by atoms with E-state index in [-0.39, 0.29) is 11.4 Å². The van der Waals surface area contributed by atoms with Crippen molar-refractivity contribution in [2.75, 3.05) is 38.6 Å². The summed E-state index contributed by atoms with van der Waals surface area (Å²) in [5.41, 5.74) is 0.117. The highest BCUT2D eigenvalue weighted by molar-refractivity contribution is 7.99. The average molecular weight is 368 g/mol. The molecule has 0 atom stereocenters. The number of nitrogens with one attached hydrogen (secondary N) is 1. The first-order valence-corrected chi connectivity index (χ1v) is 10.3. The van der Waals surface area contributed by atoms with Crippen molar-refractivity contribution in [1.29, 1.82) is 0 Å². The summed E-state index contributed by atoms with van der Waals surface area (Å²) in [6, 6.07) is 0. The lowest BCUT2D eigenvalue weighted by atomic mass is 9.79. The van der Waals surface area contributed by atoms with Crippen LogP contribution in [0.15, 0.2) is 11.5 Å². The quantitative estimate of drug-likeness (QED) is 0.737. The summed E-state index contributed by atoms with van der Waals surface area (Å²) >= 11 is 1.45. The number of morpholine rings is 1. The molecule has 0 bridgehead atoms. The zero-order valence-electron chi connectivity index (χ0n) is 15.1. The number of aromatic nitrogens is 3. The lowest BCUT2D eigenvalue weighted by molar-refractivity contribution is -0.119. The second-order valence-electron chi connectivity index (χ2n) is 6.85. The van der Waals surface area contributed by atoms with Gasteiger partial charge in [-0.05, 0) is 19.8 Å². The van der Waals surface area contributed by atoms with Gasteiger partial charge in [-0.3, -0.25) is 9.69 Å². The summed E-state index contributed by atoms with van der Waals surface area (Å²) in [7, 11) is 0. The Balaban J connectivity index is 1.52. The fourth-order valence-electron chi connectivity index (χ4n) is 3.87. The first kappa shape index (κ1) is 18.7. The minimum Gasteiger partial charge on any atom is -0.379 e. The molecule has 1 aliphatic carbocycles. The number of ether oxygens (including phenoxy) is 1. The Kier molecular flexibility index (Phi) is 6.72. The smallest absolute Gasteiger partial charge is 0.230 e. The van der Waals surface area contributed by atoms with Crippen LogP contribution in [0.2, 0.25) is 0 Å². The Labute approximate surface area is 153 Å². The molecule has 1 aliphatic heterocycles. The van der Waals surface area contributed by atoms with Gasteiger partial charge in [-0.1, -0.05) is 31.0 Å². The zero-order chi connectivity index (χ0) is 17.5. The third kappa shape index (κ3) is 4.74. The molecule has 8 heteroatoms. The topological polar surface area (TPSA) is 72.3 Å². The maximum Gasteiger partial charge on any atom is 0.230 e. The maximum absolute atomic E-state index is 12.4. The van der Waals surface area contributed by atoms with Crippen molar-refractivity contribution in [3.63, 3.8) is 0 Å². The van der Waals surface area contributed by atoms with Gasteiger partial charge in [0.2, 0.25) is 5.91 Å². The lowest BCUT2D eigenvalue weighted by Crippen LogP contribution is -2.59. The van der Waals surface area contributed by atoms with Crippen LogP contribution in [0, 0.1) is 0 Å². The van der Waals surface area contributed by atoms with Gasteiger partial charge in [0.25, 0.3) is 0 Å². The van der Waals surface area contributed by atoms with Crippen molar-refractivity contribution >= 4 is 17.7 Å². The number of carbonyl (C=O) groups excluding carboxylic acids is 1. The van der Waals surface area contributed by atoms with Crippen LogP contribution in [-0.2, 0) is 16.1 Å². The predicted molar refractivity (Wildman–Crippen MR) is 97.6 cm³/mol. The van der Waals surface area contributed by atoms with E-state index in [0.717, 1.165) is 44.5 Å². The number of carbonyl (C=O) groups is 1. The zero-order valence-corrected chi connectivity index (χ0v) is 15.9. The summed E-state index contributed by atoms with van der Waals surface area (Å²) < 4.78 is 7.47. The first-order valence-electron chi connectivity index (χ1n) is 9.34. The van der Waals surface area contributed by atoms with E-state index in [2.05, 4.69) is 20.4 Å². The van der Waals surface area contributed by atoms with Gasteiger partial charge < -0.3 is 14.6 Å². The number of nitrogens with zero attached hydrogens (tertiary/aromatic N) is 4. The molecule has 7 nitrogen and oxygen atoms in total. The Morgan fingerprint density at radius 2 is 2.08 bits per heavy atom. The molecule has 1 saturated heterocycles. The third-order valence-electron chi connectivity index (χ3n) is 5.33. The highest BCUT2D eigenvalue weighted by Crippen LogP contribution is 2.33. The van der Waals surface area contributed by atoms with Crippen molar-refractivity contribution in [1.82, 2.24) is 25.0 Å². The minimum absolute atomic E-state index is 0.0776. The molecule has 2 heterocycles. The molecule has 140 valence electrons. The van der Waals surface area contributed by atoms with Gasteiger partial charge in [-0.2, -0.15) is 0 Å². The second-order valence-corrected chi connectivity index (χ2v) is 7.79. The second kappa shape index (κ2) is 9.00. The summed E-state index contributed by atoms with van der Waals surface area (Å²) in [5, 5.41) is 12.0. The van der Waals surface area contributed by atoms with E-state index in [0.29, 0.717) is 5.75 Å². The fraction of sp³-hybridized carbons (Fsp3) is 0.824. The van der Waals surface area contributed by atoms with Gasteiger partial charge in [0.15, 0.2) is 5.16 Å². The van der Waals surface area contributed by atoms with Gasteiger partial charge in [0.05, 0.1) is 19.0 Å². The number of aryl methyl sites for hydroxylation is 1. The van der Waals surface area contributed by atoms with Gasteiger partial charge >= 0.3 is 0 Å². The van der Waals surface area contributed by atoms with Crippen LogP contribution in [0.25, 0.3) is 0 Å². The number of rotatable bonds is 7. The normalized spacial score (nSPS) is 21.2. The van der Waals surface area contributed by atoms with Crippen LogP contribution >= 0.6 is 11.8 Å². The molecule has 0 aromatic carbocycles. The minimum atomic E-state index is 0.0776. The molecule has 0 spiro atoms. The predicted octanol–water partition coefficient (Wildman–Crippen LogP) is 1.54. The van der Waals surface area contributed by atoms with E-state index < -0.39 is 0 Å². The molecular weight excluding hydrogens is 338 g/mol.